The predicted molar refractivity (Wildman–Crippen MR) is 92.2 cm³/mol. The largest absolute Gasteiger partial charge is 0.347 e. The number of carbonyl (C=O) groups excluding carboxylic acids is 2. The van der Waals surface area contributed by atoms with Crippen molar-refractivity contribution in [2.24, 2.45) is 0 Å². The van der Waals surface area contributed by atoms with Gasteiger partial charge >= 0.3 is 0 Å². The smallest absolute Gasteiger partial charge is 0.270 e. The van der Waals surface area contributed by atoms with Crippen molar-refractivity contribution in [1.29, 1.82) is 0 Å². The molecule has 9 heteroatoms. The van der Waals surface area contributed by atoms with Crippen LogP contribution in [0.4, 0.5) is 0 Å². The molecule has 1 aromatic rings. The van der Waals surface area contributed by atoms with E-state index in [-0.39, 0.29) is 23.1 Å². The van der Waals surface area contributed by atoms with Crippen molar-refractivity contribution in [2.75, 3.05) is 44.7 Å². The van der Waals surface area contributed by atoms with Gasteiger partial charge in [0.1, 0.15) is 5.69 Å². The quantitative estimate of drug-likeness (QED) is 0.766. The summed E-state index contributed by atoms with van der Waals surface area (Å²) in [6.07, 6.45) is 1.84. The second kappa shape index (κ2) is 7.09. The number of hydrogen-bond acceptors (Lipinski definition) is 6. The lowest BCUT2D eigenvalue weighted by Crippen LogP contribution is -2.47. The van der Waals surface area contributed by atoms with Gasteiger partial charge in [0.2, 0.25) is 0 Å². The van der Waals surface area contributed by atoms with Crippen molar-refractivity contribution >= 4 is 21.7 Å². The molecule has 136 valence electrons. The molecule has 2 saturated heterocycles. The van der Waals surface area contributed by atoms with Crippen LogP contribution >= 0.6 is 0 Å². The number of carbonyl (C=O) groups is 2. The zero-order valence-corrected chi connectivity index (χ0v) is 15.0. The number of piperazine rings is 1. The molecule has 2 fully saturated rings. The van der Waals surface area contributed by atoms with E-state index < -0.39 is 21.8 Å². The lowest BCUT2D eigenvalue weighted by molar-refractivity contribution is 0.0664. The van der Waals surface area contributed by atoms with Crippen molar-refractivity contribution < 1.29 is 18.0 Å². The van der Waals surface area contributed by atoms with E-state index in [9.17, 15) is 18.0 Å². The monoisotopic (exact) mass is 366 g/mol. The summed E-state index contributed by atoms with van der Waals surface area (Å²) in [5.41, 5.74) is 0.549. The number of rotatable bonds is 3. The van der Waals surface area contributed by atoms with Gasteiger partial charge in [-0.15, -0.1) is 0 Å². The van der Waals surface area contributed by atoms with Gasteiger partial charge in [-0.25, -0.2) is 8.42 Å². The van der Waals surface area contributed by atoms with Crippen LogP contribution in [0.5, 0.6) is 0 Å². The topological polar surface area (TPSA) is 99.7 Å². The fraction of sp³-hybridized carbons (Fsp3) is 0.562. The van der Waals surface area contributed by atoms with Crippen LogP contribution in [0.3, 0.4) is 0 Å². The minimum Gasteiger partial charge on any atom is -0.347 e. The molecule has 0 spiro atoms. The Morgan fingerprint density at radius 1 is 1.24 bits per heavy atom. The highest BCUT2D eigenvalue weighted by atomic mass is 32.2. The van der Waals surface area contributed by atoms with Gasteiger partial charge in [-0.2, -0.15) is 0 Å². The van der Waals surface area contributed by atoms with Gasteiger partial charge in [-0.1, -0.05) is 0 Å². The number of pyridine rings is 1. The molecule has 2 amide bonds. The Balaban J connectivity index is 1.66. The van der Waals surface area contributed by atoms with Crippen LogP contribution in [-0.2, 0) is 9.84 Å². The predicted octanol–water partition coefficient (Wildman–Crippen LogP) is -0.614. The fourth-order valence-corrected chi connectivity index (χ4v) is 4.72. The van der Waals surface area contributed by atoms with Gasteiger partial charge in [0.15, 0.2) is 9.84 Å². The van der Waals surface area contributed by atoms with Gasteiger partial charge in [-0.3, -0.25) is 14.6 Å². The molecule has 1 unspecified atom stereocenters. The average molecular weight is 366 g/mol. The third-order valence-electron chi connectivity index (χ3n) is 4.60. The van der Waals surface area contributed by atoms with Gasteiger partial charge in [0.25, 0.3) is 11.8 Å². The third kappa shape index (κ3) is 4.35. The molecule has 0 bridgehead atoms. The molecule has 0 radical (unpaired) electrons. The van der Waals surface area contributed by atoms with Crippen LogP contribution in [0.15, 0.2) is 18.3 Å². The molecule has 0 aromatic carbocycles. The Morgan fingerprint density at radius 2 is 1.96 bits per heavy atom. The first kappa shape index (κ1) is 17.8. The first-order valence-corrected chi connectivity index (χ1v) is 10.1. The van der Waals surface area contributed by atoms with Gasteiger partial charge in [-0.05, 0) is 25.6 Å². The molecule has 0 saturated carbocycles. The third-order valence-corrected chi connectivity index (χ3v) is 6.37. The van der Waals surface area contributed by atoms with Crippen molar-refractivity contribution in [3.05, 3.63) is 29.6 Å². The van der Waals surface area contributed by atoms with E-state index in [4.69, 9.17) is 0 Å². The Kier molecular flexibility index (Phi) is 5.05. The zero-order valence-electron chi connectivity index (χ0n) is 14.1. The van der Waals surface area contributed by atoms with Crippen LogP contribution in [0.2, 0.25) is 0 Å². The van der Waals surface area contributed by atoms with Crippen molar-refractivity contribution in [3.63, 3.8) is 0 Å². The second-order valence-electron chi connectivity index (χ2n) is 6.60. The maximum Gasteiger partial charge on any atom is 0.270 e. The molecular weight excluding hydrogens is 344 g/mol. The fourth-order valence-electron chi connectivity index (χ4n) is 3.05. The van der Waals surface area contributed by atoms with E-state index >= 15 is 0 Å². The molecule has 1 atom stereocenters. The van der Waals surface area contributed by atoms with Gasteiger partial charge in [0, 0.05) is 44.0 Å². The SMILES string of the molecule is CN1CCN(C(=O)c2ccnc(C(=O)NC3CCS(=O)(=O)C3)c2)CC1. The van der Waals surface area contributed by atoms with Gasteiger partial charge in [0.05, 0.1) is 11.5 Å². The Morgan fingerprint density at radius 3 is 2.60 bits per heavy atom. The summed E-state index contributed by atoms with van der Waals surface area (Å²) in [6, 6.07) is 2.67. The molecule has 1 aromatic heterocycles. The summed E-state index contributed by atoms with van der Waals surface area (Å²) in [4.78, 5) is 32.8. The zero-order chi connectivity index (χ0) is 18.0. The minimum atomic E-state index is -3.06. The maximum absolute atomic E-state index is 12.6. The van der Waals surface area contributed by atoms with Crippen molar-refractivity contribution in [3.8, 4) is 0 Å². The molecule has 1 N–H and O–H groups in total. The summed E-state index contributed by atoms with van der Waals surface area (Å²) >= 11 is 0. The molecule has 3 heterocycles. The Hall–Kier alpha value is -2.00. The second-order valence-corrected chi connectivity index (χ2v) is 8.83. The summed E-state index contributed by atoms with van der Waals surface area (Å²) in [5, 5.41) is 2.69. The lowest BCUT2D eigenvalue weighted by atomic mass is 10.1. The lowest BCUT2D eigenvalue weighted by Gasteiger charge is -2.32. The maximum atomic E-state index is 12.6. The molecule has 0 aliphatic carbocycles. The standard InChI is InChI=1S/C16H22N4O4S/c1-19-5-7-20(8-6-19)16(22)12-2-4-17-14(10-12)15(21)18-13-3-9-25(23,24)11-13/h2,4,10,13H,3,5-9,11H2,1H3,(H,18,21). The van der Waals surface area contributed by atoms with Crippen molar-refractivity contribution in [1.82, 2.24) is 20.1 Å². The van der Waals surface area contributed by atoms with E-state index in [0.29, 0.717) is 25.1 Å². The molecule has 25 heavy (non-hydrogen) atoms. The average Bonchev–Trinajstić information content (AvgIpc) is 2.93. The van der Waals surface area contributed by atoms with Gasteiger partial charge < -0.3 is 15.1 Å². The molecule has 3 rings (SSSR count). The summed E-state index contributed by atoms with van der Waals surface area (Å²) in [5.74, 6) is -0.519. The highest BCUT2D eigenvalue weighted by Gasteiger charge is 2.29. The summed E-state index contributed by atoms with van der Waals surface area (Å²) in [6.45, 7) is 2.94. The van der Waals surface area contributed by atoms with E-state index in [1.54, 1.807) is 11.0 Å². The number of sulfone groups is 1. The first-order valence-electron chi connectivity index (χ1n) is 8.29. The number of amides is 2. The number of hydrogen-bond donors (Lipinski definition) is 1. The minimum absolute atomic E-state index is 0.0430. The number of nitrogens with one attached hydrogen (secondary N) is 1. The van der Waals surface area contributed by atoms with Crippen molar-refractivity contribution in [2.45, 2.75) is 12.5 Å². The van der Waals surface area contributed by atoms with Crippen LogP contribution < -0.4 is 5.32 Å². The summed E-state index contributed by atoms with van der Waals surface area (Å²) < 4.78 is 23.0. The van der Waals surface area contributed by atoms with Crippen LogP contribution in [0.1, 0.15) is 27.3 Å². The van der Waals surface area contributed by atoms with Crippen LogP contribution in [-0.4, -0.2) is 85.8 Å². The van der Waals surface area contributed by atoms with E-state index in [0.717, 1.165) is 13.1 Å². The molecule has 2 aliphatic heterocycles. The van der Waals surface area contributed by atoms with Crippen LogP contribution in [0, 0.1) is 0 Å². The molecule has 2 aliphatic rings. The van der Waals surface area contributed by atoms with Crippen LogP contribution in [0.25, 0.3) is 0 Å². The number of likely N-dealkylation sites (N-methyl/N-ethyl adjacent to an activating group) is 1. The number of nitrogens with zero attached hydrogens (tertiary/aromatic N) is 3. The number of aromatic nitrogens is 1. The molecule has 8 nitrogen and oxygen atoms in total. The van der Waals surface area contributed by atoms with E-state index in [1.165, 1.54) is 12.3 Å². The van der Waals surface area contributed by atoms with E-state index in [1.807, 2.05) is 7.05 Å². The normalized spacial score (nSPS) is 23.4. The highest BCUT2D eigenvalue weighted by molar-refractivity contribution is 7.91. The first-order chi connectivity index (χ1) is 11.8. The Bertz CT molecular complexity index is 772. The van der Waals surface area contributed by atoms with E-state index in [2.05, 4.69) is 15.2 Å². The highest BCUT2D eigenvalue weighted by Crippen LogP contribution is 2.13. The molecular formula is C16H22N4O4S. The summed E-state index contributed by atoms with van der Waals surface area (Å²) in [7, 11) is -1.05. The Labute approximate surface area is 147 Å².